The smallest absolute Gasteiger partial charge is 0.131 e. The summed E-state index contributed by atoms with van der Waals surface area (Å²) in [6.45, 7) is 7.10. The molecule has 4 nitrogen and oxygen atoms in total. The van der Waals surface area contributed by atoms with Crippen LogP contribution in [0.2, 0.25) is 0 Å². The van der Waals surface area contributed by atoms with Gasteiger partial charge in [0.05, 0.1) is 0 Å². The van der Waals surface area contributed by atoms with Gasteiger partial charge in [0.2, 0.25) is 0 Å². The highest BCUT2D eigenvalue weighted by Gasteiger charge is 2.36. The fourth-order valence-electron chi connectivity index (χ4n) is 4.43. The van der Waals surface area contributed by atoms with Crippen molar-refractivity contribution in [2.45, 2.75) is 25.3 Å². The first-order valence-electron chi connectivity index (χ1n) is 10.1. The van der Waals surface area contributed by atoms with Gasteiger partial charge in [-0.1, -0.05) is 31.0 Å². The number of nitrogens with one attached hydrogen (secondary N) is 1. The maximum atomic E-state index is 9.82. The average Bonchev–Trinajstić information content (AvgIpc) is 3.13. The maximum absolute atomic E-state index is 9.82. The number of hydrogen-bond donors (Lipinski definition) is 2. The van der Waals surface area contributed by atoms with Crippen LogP contribution in [0, 0.1) is 18.3 Å². The van der Waals surface area contributed by atoms with Gasteiger partial charge in [-0.25, -0.2) is 0 Å². The van der Waals surface area contributed by atoms with Crippen molar-refractivity contribution in [2.75, 3.05) is 32.8 Å². The molecule has 146 valence electrons. The summed E-state index contributed by atoms with van der Waals surface area (Å²) in [6, 6.07) is 13.5. The van der Waals surface area contributed by atoms with Gasteiger partial charge in [0.25, 0.3) is 0 Å². The Balaban J connectivity index is 1.48. The molecule has 2 aliphatic rings. The van der Waals surface area contributed by atoms with Crippen LogP contribution in [-0.4, -0.2) is 42.8 Å². The average molecular weight is 377 g/mol. The molecule has 1 saturated heterocycles. The molecule has 4 rings (SSSR count). The number of hydrogen-bond acceptors (Lipinski definition) is 4. The number of benzene rings is 2. The van der Waals surface area contributed by atoms with Gasteiger partial charge in [-0.2, -0.15) is 0 Å². The van der Waals surface area contributed by atoms with Gasteiger partial charge in [-0.15, -0.1) is 6.42 Å². The SMILES string of the molecule is C#C[C@@]1(c2ccc(OCCN3CC[C@@H](C)C3)cc2)NCCc2cc(O)ccc21. The number of phenolic OH excluding ortho intramolecular Hbond substituents is 1. The fraction of sp³-hybridized carbons (Fsp3) is 0.417. The molecular weight excluding hydrogens is 348 g/mol. The zero-order chi connectivity index (χ0) is 19.6. The quantitative estimate of drug-likeness (QED) is 0.787. The van der Waals surface area contributed by atoms with Gasteiger partial charge < -0.3 is 9.84 Å². The predicted octanol–water partition coefficient (Wildman–Crippen LogP) is 3.14. The molecule has 2 N–H and O–H groups in total. The first-order valence-corrected chi connectivity index (χ1v) is 10.1. The number of aromatic hydroxyl groups is 1. The van der Waals surface area contributed by atoms with Gasteiger partial charge in [-0.05, 0) is 66.3 Å². The second-order valence-electron chi connectivity index (χ2n) is 7.98. The Kier molecular flexibility index (Phi) is 5.30. The van der Waals surface area contributed by atoms with Crippen LogP contribution in [0.5, 0.6) is 11.5 Å². The van der Waals surface area contributed by atoms with Crippen LogP contribution in [0.3, 0.4) is 0 Å². The molecule has 1 fully saturated rings. The summed E-state index contributed by atoms with van der Waals surface area (Å²) < 4.78 is 5.95. The lowest BCUT2D eigenvalue weighted by molar-refractivity contribution is 0.234. The Morgan fingerprint density at radius 1 is 1.29 bits per heavy atom. The maximum Gasteiger partial charge on any atom is 0.131 e. The van der Waals surface area contributed by atoms with Crippen LogP contribution < -0.4 is 10.1 Å². The molecule has 0 bridgehead atoms. The van der Waals surface area contributed by atoms with Crippen LogP contribution in [0.25, 0.3) is 0 Å². The van der Waals surface area contributed by atoms with E-state index in [4.69, 9.17) is 11.2 Å². The van der Waals surface area contributed by atoms with Crippen molar-refractivity contribution < 1.29 is 9.84 Å². The van der Waals surface area contributed by atoms with Crippen molar-refractivity contribution >= 4 is 0 Å². The zero-order valence-corrected chi connectivity index (χ0v) is 16.4. The van der Waals surface area contributed by atoms with E-state index in [1.165, 1.54) is 19.5 Å². The minimum Gasteiger partial charge on any atom is -0.508 e. The Labute approximate surface area is 167 Å². The molecule has 2 atom stereocenters. The fourth-order valence-corrected chi connectivity index (χ4v) is 4.43. The Bertz CT molecular complexity index is 871. The highest BCUT2D eigenvalue weighted by molar-refractivity contribution is 5.53. The molecule has 0 aliphatic carbocycles. The minimum absolute atomic E-state index is 0.280. The summed E-state index contributed by atoms with van der Waals surface area (Å²) in [5.74, 6) is 4.92. The largest absolute Gasteiger partial charge is 0.508 e. The lowest BCUT2D eigenvalue weighted by Gasteiger charge is -2.36. The topological polar surface area (TPSA) is 44.7 Å². The number of nitrogens with zero attached hydrogens (tertiary/aromatic N) is 1. The van der Waals surface area contributed by atoms with Crippen molar-refractivity contribution in [3.63, 3.8) is 0 Å². The Morgan fingerprint density at radius 2 is 2.11 bits per heavy atom. The third-order valence-electron chi connectivity index (χ3n) is 5.97. The van der Waals surface area contributed by atoms with Gasteiger partial charge in [0, 0.05) is 19.6 Å². The molecule has 2 aromatic carbocycles. The van der Waals surface area contributed by atoms with Crippen LogP contribution in [0.4, 0.5) is 0 Å². The van der Waals surface area contributed by atoms with E-state index in [-0.39, 0.29) is 5.75 Å². The summed E-state index contributed by atoms with van der Waals surface area (Å²) in [5, 5.41) is 13.3. The van der Waals surface area contributed by atoms with Crippen LogP contribution >= 0.6 is 0 Å². The lowest BCUT2D eigenvalue weighted by Crippen LogP contribution is -2.47. The summed E-state index contributed by atoms with van der Waals surface area (Å²) in [5.41, 5.74) is 2.47. The van der Waals surface area contributed by atoms with Crippen molar-refractivity contribution in [2.24, 2.45) is 5.92 Å². The summed E-state index contributed by atoms with van der Waals surface area (Å²) in [4.78, 5) is 2.46. The van der Waals surface area contributed by atoms with E-state index in [2.05, 4.69) is 23.1 Å². The van der Waals surface area contributed by atoms with Gasteiger partial charge in [-0.3, -0.25) is 10.2 Å². The summed E-state index contributed by atoms with van der Waals surface area (Å²) in [6.07, 6.45) is 8.15. The molecular formula is C24H28N2O2. The van der Waals surface area contributed by atoms with Gasteiger partial charge in [0.15, 0.2) is 0 Å². The highest BCUT2D eigenvalue weighted by Crippen LogP contribution is 2.36. The number of phenols is 1. The van der Waals surface area contributed by atoms with Crippen LogP contribution in [0.1, 0.15) is 30.0 Å². The molecule has 2 aromatic rings. The van der Waals surface area contributed by atoms with E-state index in [1.54, 1.807) is 6.07 Å². The van der Waals surface area contributed by atoms with E-state index in [0.29, 0.717) is 6.61 Å². The van der Waals surface area contributed by atoms with E-state index in [1.807, 2.05) is 36.4 Å². The molecule has 0 unspecified atom stereocenters. The van der Waals surface area contributed by atoms with Crippen molar-refractivity contribution in [3.05, 3.63) is 59.2 Å². The number of terminal acetylenes is 1. The molecule has 0 amide bonds. The third kappa shape index (κ3) is 3.61. The van der Waals surface area contributed by atoms with Crippen molar-refractivity contribution in [1.82, 2.24) is 10.2 Å². The number of rotatable bonds is 5. The van der Waals surface area contributed by atoms with Gasteiger partial charge >= 0.3 is 0 Å². The molecule has 2 aliphatic heterocycles. The highest BCUT2D eigenvalue weighted by atomic mass is 16.5. The van der Waals surface area contributed by atoms with E-state index in [9.17, 15) is 5.11 Å². The standard InChI is InChI=1S/C24H28N2O2/c1-3-24(23-9-6-21(27)16-19(23)10-12-25-24)20-4-7-22(8-5-20)28-15-14-26-13-11-18(2)17-26/h1,4-9,16,18,25,27H,10-15,17H2,2H3/t18-,24+/m1/s1. The molecule has 28 heavy (non-hydrogen) atoms. The van der Waals surface area contributed by atoms with Crippen LogP contribution in [0.15, 0.2) is 42.5 Å². The first kappa shape index (κ1) is 18.9. The second kappa shape index (κ2) is 7.87. The van der Waals surface area contributed by atoms with Crippen molar-refractivity contribution in [3.8, 4) is 23.8 Å². The summed E-state index contributed by atoms with van der Waals surface area (Å²) in [7, 11) is 0. The first-order chi connectivity index (χ1) is 13.6. The minimum atomic E-state index is -0.675. The molecule has 2 heterocycles. The number of ether oxygens (including phenoxy) is 1. The number of likely N-dealkylation sites (tertiary alicyclic amines) is 1. The molecule has 4 heteroatoms. The predicted molar refractivity (Wildman–Crippen MR) is 112 cm³/mol. The monoisotopic (exact) mass is 376 g/mol. The Morgan fingerprint density at radius 3 is 2.82 bits per heavy atom. The second-order valence-corrected chi connectivity index (χ2v) is 7.98. The molecule has 0 radical (unpaired) electrons. The zero-order valence-electron chi connectivity index (χ0n) is 16.4. The third-order valence-corrected chi connectivity index (χ3v) is 5.97. The van der Waals surface area contributed by atoms with E-state index in [0.717, 1.165) is 47.9 Å². The normalized spacial score (nSPS) is 24.5. The summed E-state index contributed by atoms with van der Waals surface area (Å²) >= 11 is 0. The van der Waals surface area contributed by atoms with Crippen LogP contribution in [-0.2, 0) is 12.0 Å². The van der Waals surface area contributed by atoms with Gasteiger partial charge in [0.1, 0.15) is 23.6 Å². The lowest BCUT2D eigenvalue weighted by atomic mass is 9.78. The van der Waals surface area contributed by atoms with E-state index >= 15 is 0 Å². The molecule has 0 spiro atoms. The number of fused-ring (bicyclic) bond motifs is 1. The Hall–Kier alpha value is -2.48. The van der Waals surface area contributed by atoms with Crippen molar-refractivity contribution in [1.29, 1.82) is 0 Å². The molecule has 0 saturated carbocycles. The molecule has 0 aromatic heterocycles. The van der Waals surface area contributed by atoms with E-state index < -0.39 is 5.54 Å².